The number of urea groups is 1. The fourth-order valence-electron chi connectivity index (χ4n) is 3.94. The number of nitrogens with one attached hydrogen (secondary N) is 2. The van der Waals surface area contributed by atoms with Gasteiger partial charge in [-0.1, -0.05) is 6.08 Å². The van der Waals surface area contributed by atoms with Crippen LogP contribution < -0.4 is 10.1 Å². The first-order chi connectivity index (χ1) is 15.9. The van der Waals surface area contributed by atoms with Gasteiger partial charge in [0, 0.05) is 35.9 Å². The fourth-order valence-corrected chi connectivity index (χ4v) is 3.94. The quantitative estimate of drug-likeness (QED) is 0.575. The SMILES string of the molecule is COC(=O)C(C)NC(=O)N1CC=C(c2cc3c(-c4cc(F)ccc4OC)ccnc3[nH]2)CC1. The molecule has 0 radical (unpaired) electrons. The van der Waals surface area contributed by atoms with Crippen molar-refractivity contribution in [3.05, 3.63) is 54.1 Å². The first-order valence-electron chi connectivity index (χ1n) is 10.6. The number of carbonyl (C=O) groups is 2. The van der Waals surface area contributed by atoms with E-state index in [-0.39, 0.29) is 11.8 Å². The molecule has 0 spiro atoms. The minimum absolute atomic E-state index is 0.318. The van der Waals surface area contributed by atoms with E-state index in [0.717, 1.165) is 22.2 Å². The minimum Gasteiger partial charge on any atom is -0.496 e. The van der Waals surface area contributed by atoms with Crippen molar-refractivity contribution in [2.24, 2.45) is 0 Å². The van der Waals surface area contributed by atoms with E-state index in [4.69, 9.17) is 4.74 Å². The third kappa shape index (κ3) is 4.52. The molecule has 33 heavy (non-hydrogen) atoms. The third-order valence-electron chi connectivity index (χ3n) is 5.72. The lowest BCUT2D eigenvalue weighted by Gasteiger charge is -2.27. The van der Waals surface area contributed by atoms with Gasteiger partial charge in [-0.05, 0) is 54.8 Å². The Balaban J connectivity index is 1.57. The highest BCUT2D eigenvalue weighted by Gasteiger charge is 2.23. The van der Waals surface area contributed by atoms with Crippen molar-refractivity contribution in [2.75, 3.05) is 27.3 Å². The predicted octanol–water partition coefficient (Wildman–Crippen LogP) is 3.74. The van der Waals surface area contributed by atoms with Crippen molar-refractivity contribution in [3.8, 4) is 16.9 Å². The smallest absolute Gasteiger partial charge is 0.328 e. The number of ether oxygens (including phenoxy) is 2. The van der Waals surface area contributed by atoms with Crippen LogP contribution in [0.2, 0.25) is 0 Å². The molecular weight excluding hydrogens is 427 g/mol. The van der Waals surface area contributed by atoms with E-state index >= 15 is 0 Å². The Kier molecular flexibility index (Phi) is 6.30. The fraction of sp³-hybridized carbons (Fsp3) is 0.292. The maximum Gasteiger partial charge on any atom is 0.328 e. The zero-order valence-corrected chi connectivity index (χ0v) is 18.6. The summed E-state index contributed by atoms with van der Waals surface area (Å²) in [6.45, 7) is 2.49. The Morgan fingerprint density at radius 1 is 1.21 bits per heavy atom. The molecule has 0 saturated heterocycles. The summed E-state index contributed by atoms with van der Waals surface area (Å²) in [5.41, 5.74) is 4.09. The summed E-state index contributed by atoms with van der Waals surface area (Å²) >= 11 is 0. The predicted molar refractivity (Wildman–Crippen MR) is 122 cm³/mol. The number of esters is 1. The van der Waals surface area contributed by atoms with Gasteiger partial charge in [0.15, 0.2) is 0 Å². The summed E-state index contributed by atoms with van der Waals surface area (Å²) in [4.78, 5) is 33.3. The van der Waals surface area contributed by atoms with E-state index in [1.54, 1.807) is 31.2 Å². The average Bonchev–Trinajstić information content (AvgIpc) is 3.28. The van der Waals surface area contributed by atoms with Gasteiger partial charge in [-0.25, -0.2) is 19.0 Å². The second-order valence-corrected chi connectivity index (χ2v) is 7.77. The lowest BCUT2D eigenvalue weighted by molar-refractivity contribution is -0.142. The van der Waals surface area contributed by atoms with Gasteiger partial charge in [0.25, 0.3) is 0 Å². The van der Waals surface area contributed by atoms with E-state index in [1.165, 1.54) is 19.2 Å². The maximum absolute atomic E-state index is 14.0. The third-order valence-corrected chi connectivity index (χ3v) is 5.72. The van der Waals surface area contributed by atoms with Crippen molar-refractivity contribution in [2.45, 2.75) is 19.4 Å². The van der Waals surface area contributed by atoms with Crippen LogP contribution in [0.5, 0.6) is 5.75 Å². The number of hydrogen-bond donors (Lipinski definition) is 2. The van der Waals surface area contributed by atoms with Crippen LogP contribution in [0.15, 0.2) is 42.6 Å². The topological polar surface area (TPSA) is 96.6 Å². The summed E-state index contributed by atoms with van der Waals surface area (Å²) in [6, 6.07) is 7.21. The number of H-pyrrole nitrogens is 1. The van der Waals surface area contributed by atoms with Gasteiger partial charge < -0.3 is 24.7 Å². The number of benzene rings is 1. The molecule has 1 aliphatic heterocycles. The van der Waals surface area contributed by atoms with E-state index in [9.17, 15) is 14.0 Å². The number of nitrogens with zero attached hydrogens (tertiary/aromatic N) is 2. The van der Waals surface area contributed by atoms with Gasteiger partial charge in [0.05, 0.1) is 14.2 Å². The zero-order valence-electron chi connectivity index (χ0n) is 18.6. The molecule has 2 aromatic heterocycles. The van der Waals surface area contributed by atoms with Crippen LogP contribution in [0.1, 0.15) is 19.0 Å². The van der Waals surface area contributed by atoms with Crippen LogP contribution in [0.25, 0.3) is 27.7 Å². The van der Waals surface area contributed by atoms with E-state index in [0.29, 0.717) is 36.5 Å². The molecule has 0 aliphatic carbocycles. The molecule has 0 bridgehead atoms. The number of halogens is 1. The molecule has 0 fully saturated rings. The molecule has 3 heterocycles. The van der Waals surface area contributed by atoms with Gasteiger partial charge in [0.2, 0.25) is 0 Å². The molecule has 2 amide bonds. The molecule has 8 nitrogen and oxygen atoms in total. The molecule has 172 valence electrons. The number of aromatic amines is 1. The van der Waals surface area contributed by atoms with E-state index in [1.807, 2.05) is 18.2 Å². The molecule has 0 saturated carbocycles. The van der Waals surface area contributed by atoms with Crippen molar-refractivity contribution < 1.29 is 23.5 Å². The number of rotatable bonds is 5. The van der Waals surface area contributed by atoms with E-state index in [2.05, 4.69) is 20.0 Å². The van der Waals surface area contributed by atoms with Crippen LogP contribution in [0.4, 0.5) is 9.18 Å². The molecule has 1 aromatic carbocycles. The van der Waals surface area contributed by atoms with Gasteiger partial charge in [-0.2, -0.15) is 0 Å². The lowest BCUT2D eigenvalue weighted by atomic mass is 10.0. The first-order valence-corrected chi connectivity index (χ1v) is 10.6. The second-order valence-electron chi connectivity index (χ2n) is 7.77. The molecule has 1 unspecified atom stereocenters. The molecule has 2 N–H and O–H groups in total. The Hall–Kier alpha value is -3.88. The summed E-state index contributed by atoms with van der Waals surface area (Å²) in [5, 5.41) is 3.49. The second kappa shape index (κ2) is 9.32. The number of fused-ring (bicyclic) bond motifs is 1. The van der Waals surface area contributed by atoms with Crippen LogP contribution in [-0.4, -0.2) is 60.2 Å². The lowest BCUT2D eigenvalue weighted by Crippen LogP contribution is -2.48. The van der Waals surface area contributed by atoms with Gasteiger partial charge in [-0.15, -0.1) is 0 Å². The zero-order chi connectivity index (χ0) is 23.5. The van der Waals surface area contributed by atoms with Gasteiger partial charge in [0.1, 0.15) is 23.3 Å². The number of pyridine rings is 1. The van der Waals surface area contributed by atoms with Crippen LogP contribution in [-0.2, 0) is 9.53 Å². The molecular formula is C24H25FN4O4. The van der Waals surface area contributed by atoms with Crippen molar-refractivity contribution >= 4 is 28.6 Å². The highest BCUT2D eigenvalue weighted by atomic mass is 19.1. The highest BCUT2D eigenvalue weighted by Crippen LogP contribution is 2.36. The Morgan fingerprint density at radius 2 is 2.03 bits per heavy atom. The molecule has 3 aromatic rings. The molecule has 1 aliphatic rings. The highest BCUT2D eigenvalue weighted by molar-refractivity contribution is 5.97. The largest absolute Gasteiger partial charge is 0.496 e. The first kappa shape index (κ1) is 22.3. The van der Waals surface area contributed by atoms with E-state index < -0.39 is 12.0 Å². The molecule has 4 rings (SSSR count). The van der Waals surface area contributed by atoms with Crippen LogP contribution in [0, 0.1) is 5.82 Å². The normalized spacial score (nSPS) is 14.5. The monoisotopic (exact) mass is 452 g/mol. The number of amides is 2. The maximum atomic E-state index is 14.0. The van der Waals surface area contributed by atoms with Crippen LogP contribution >= 0.6 is 0 Å². The number of hydrogen-bond acceptors (Lipinski definition) is 5. The minimum atomic E-state index is -0.717. The van der Waals surface area contributed by atoms with Crippen molar-refractivity contribution in [3.63, 3.8) is 0 Å². The summed E-state index contributed by atoms with van der Waals surface area (Å²) in [7, 11) is 2.84. The Labute approximate surface area is 190 Å². The summed E-state index contributed by atoms with van der Waals surface area (Å²) in [6.07, 6.45) is 4.27. The summed E-state index contributed by atoms with van der Waals surface area (Å²) in [5.74, 6) is -0.263. The molecule has 1 atom stereocenters. The van der Waals surface area contributed by atoms with Crippen molar-refractivity contribution in [1.29, 1.82) is 0 Å². The van der Waals surface area contributed by atoms with Gasteiger partial charge >= 0.3 is 12.0 Å². The number of methoxy groups -OCH3 is 2. The van der Waals surface area contributed by atoms with Crippen LogP contribution in [0.3, 0.4) is 0 Å². The van der Waals surface area contributed by atoms with Crippen molar-refractivity contribution in [1.82, 2.24) is 20.2 Å². The summed E-state index contributed by atoms with van der Waals surface area (Å²) < 4.78 is 24.0. The average molecular weight is 452 g/mol. The Morgan fingerprint density at radius 3 is 2.73 bits per heavy atom. The standard InChI is InChI=1S/C24H25FN4O4/c1-14(23(30)33-3)27-24(31)29-10-7-15(8-11-29)20-13-19-17(6-9-26-22(19)28-20)18-12-16(25)4-5-21(18)32-2/h4-7,9,12-14H,8,10-11H2,1-3H3,(H,26,28)(H,27,31). The number of carbonyl (C=O) groups excluding carboxylic acids is 2. The number of aromatic nitrogens is 2. The Bertz CT molecular complexity index is 1240. The van der Waals surface area contributed by atoms with Gasteiger partial charge in [-0.3, -0.25) is 0 Å². The molecule has 9 heteroatoms.